The summed E-state index contributed by atoms with van der Waals surface area (Å²) in [4.78, 5) is 46.0. The van der Waals surface area contributed by atoms with Crippen LogP contribution in [0.2, 0.25) is 0 Å². The molecule has 2 aromatic carbocycles. The molecule has 30 heavy (non-hydrogen) atoms. The monoisotopic (exact) mass is 467 g/mol. The lowest BCUT2D eigenvalue weighted by molar-refractivity contribution is -0.138. The predicted octanol–water partition coefficient (Wildman–Crippen LogP) is 3.25. The third-order valence-corrected chi connectivity index (χ3v) is 5.26. The molecule has 1 aliphatic carbocycles. The molecule has 1 heterocycles. The third kappa shape index (κ3) is 3.13. The molecule has 150 valence electrons. The number of nitrogens with one attached hydrogen (secondary N) is 1. The van der Waals surface area contributed by atoms with Gasteiger partial charge in [0, 0.05) is 21.0 Å². The number of fused-ring (bicyclic) bond motifs is 2. The number of hydrogen-bond acceptors (Lipinski definition) is 8. The Morgan fingerprint density at radius 3 is 2.53 bits per heavy atom. The molecule has 8 nitrogen and oxygen atoms in total. The van der Waals surface area contributed by atoms with Crippen molar-refractivity contribution in [1.82, 2.24) is 9.97 Å². The van der Waals surface area contributed by atoms with Crippen molar-refractivity contribution in [1.29, 1.82) is 0 Å². The normalized spacial score (nSPS) is 12.4. The molecule has 0 bridgehead atoms. The maximum atomic E-state index is 13.4. The quantitative estimate of drug-likeness (QED) is 0.359. The summed E-state index contributed by atoms with van der Waals surface area (Å²) in [6.45, 7) is 0. The van der Waals surface area contributed by atoms with Gasteiger partial charge in [0.15, 0.2) is 5.78 Å². The van der Waals surface area contributed by atoms with Gasteiger partial charge >= 0.3 is 11.9 Å². The maximum Gasteiger partial charge on any atom is 0.354 e. The van der Waals surface area contributed by atoms with Gasteiger partial charge in [-0.15, -0.1) is 0 Å². The molecule has 1 N–H and O–H groups in total. The Balaban J connectivity index is 1.99. The number of carbonyl (C=O) groups excluding carboxylic acids is 3. The van der Waals surface area contributed by atoms with Crippen LogP contribution in [0.4, 0.5) is 5.69 Å². The first-order chi connectivity index (χ1) is 14.5. The van der Waals surface area contributed by atoms with Gasteiger partial charge in [-0.2, -0.15) is 0 Å². The molecule has 0 spiro atoms. The Labute approximate surface area is 179 Å². The van der Waals surface area contributed by atoms with Crippen LogP contribution in [0.1, 0.15) is 15.9 Å². The molecule has 0 unspecified atom stereocenters. The Morgan fingerprint density at radius 2 is 1.83 bits per heavy atom. The molecule has 0 aliphatic heterocycles. The molecule has 4 rings (SSSR count). The number of carbonyl (C=O) groups is 3. The topological polar surface area (TPSA) is 107 Å². The van der Waals surface area contributed by atoms with Crippen molar-refractivity contribution in [3.8, 4) is 11.3 Å². The molecule has 1 aromatic heterocycles. The molecule has 0 saturated heterocycles. The zero-order valence-corrected chi connectivity index (χ0v) is 17.4. The number of rotatable bonds is 4. The van der Waals surface area contributed by atoms with Gasteiger partial charge in [0.05, 0.1) is 42.8 Å². The van der Waals surface area contributed by atoms with Crippen LogP contribution >= 0.6 is 15.9 Å². The highest BCUT2D eigenvalue weighted by Crippen LogP contribution is 2.43. The summed E-state index contributed by atoms with van der Waals surface area (Å²) >= 11 is 3.47. The first-order valence-electron chi connectivity index (χ1n) is 8.72. The molecule has 0 saturated carbocycles. The van der Waals surface area contributed by atoms with Gasteiger partial charge in [-0.1, -0.05) is 24.3 Å². The lowest BCUT2D eigenvalue weighted by Gasteiger charge is -2.22. The smallest absolute Gasteiger partial charge is 0.354 e. The average molecular weight is 468 g/mol. The van der Waals surface area contributed by atoms with Gasteiger partial charge in [-0.05, 0) is 22.0 Å². The summed E-state index contributed by atoms with van der Waals surface area (Å²) in [6.07, 6.45) is 2.39. The summed E-state index contributed by atoms with van der Waals surface area (Å²) in [5, 5.41) is 3.39. The molecule has 1 aliphatic rings. The Hall–Kier alpha value is -3.59. The van der Waals surface area contributed by atoms with Crippen molar-refractivity contribution in [3.05, 3.63) is 64.0 Å². The van der Waals surface area contributed by atoms with Crippen LogP contribution in [0.5, 0.6) is 0 Å². The van der Waals surface area contributed by atoms with E-state index in [2.05, 4.69) is 36.0 Å². The number of aromatic nitrogens is 2. The van der Waals surface area contributed by atoms with Crippen LogP contribution < -0.4 is 5.32 Å². The molecule has 0 atom stereocenters. The number of halogens is 1. The second-order valence-corrected chi connectivity index (χ2v) is 7.15. The van der Waals surface area contributed by atoms with Crippen LogP contribution in [0.15, 0.2) is 52.9 Å². The number of anilines is 1. The number of ether oxygens (including phenoxy) is 2. The SMILES string of the molecule is COC(=O)/C=C(/Nc1cc(Br)c2ncnc3c2c1C(=O)c1ccccc1-3)C(=O)OC. The summed E-state index contributed by atoms with van der Waals surface area (Å²) in [5.74, 6) is -1.80. The summed E-state index contributed by atoms with van der Waals surface area (Å²) in [7, 11) is 2.37. The van der Waals surface area contributed by atoms with Crippen LogP contribution in [-0.2, 0) is 19.1 Å². The van der Waals surface area contributed by atoms with Crippen molar-refractivity contribution in [2.45, 2.75) is 0 Å². The van der Waals surface area contributed by atoms with Gasteiger partial charge in [0.2, 0.25) is 0 Å². The van der Waals surface area contributed by atoms with E-state index in [0.29, 0.717) is 43.4 Å². The van der Waals surface area contributed by atoms with E-state index < -0.39 is 11.9 Å². The number of esters is 2. The standard InChI is InChI=1S/C21H14BrN3O5/c1-29-15(26)8-14(21(28)30-2)25-13-7-12(22)19-17-16(13)20(27)11-6-4-3-5-10(11)18(17)23-9-24-19/h3-9,25H,1-2H3/b14-8+. The van der Waals surface area contributed by atoms with Gasteiger partial charge in [-0.3, -0.25) is 4.79 Å². The van der Waals surface area contributed by atoms with Crippen molar-refractivity contribution in [2.75, 3.05) is 19.5 Å². The zero-order valence-electron chi connectivity index (χ0n) is 15.9. The maximum absolute atomic E-state index is 13.4. The van der Waals surface area contributed by atoms with E-state index in [9.17, 15) is 14.4 Å². The molecular weight excluding hydrogens is 454 g/mol. The van der Waals surface area contributed by atoms with Gasteiger partial charge in [0.1, 0.15) is 12.0 Å². The number of methoxy groups -OCH3 is 2. The van der Waals surface area contributed by atoms with Crippen LogP contribution in [0.3, 0.4) is 0 Å². The van der Waals surface area contributed by atoms with E-state index in [0.717, 1.165) is 6.08 Å². The van der Waals surface area contributed by atoms with Crippen molar-refractivity contribution in [3.63, 3.8) is 0 Å². The van der Waals surface area contributed by atoms with E-state index in [1.165, 1.54) is 20.5 Å². The lowest BCUT2D eigenvalue weighted by atomic mass is 9.86. The van der Waals surface area contributed by atoms with E-state index in [4.69, 9.17) is 4.74 Å². The predicted molar refractivity (Wildman–Crippen MR) is 112 cm³/mol. The fourth-order valence-corrected chi connectivity index (χ4v) is 3.87. The largest absolute Gasteiger partial charge is 0.466 e. The van der Waals surface area contributed by atoms with E-state index >= 15 is 0 Å². The van der Waals surface area contributed by atoms with Gasteiger partial charge in [0.25, 0.3) is 0 Å². The molecule has 0 fully saturated rings. The fourth-order valence-electron chi connectivity index (χ4n) is 3.34. The molecule has 3 aromatic rings. The van der Waals surface area contributed by atoms with Crippen molar-refractivity contribution < 1.29 is 23.9 Å². The number of benzene rings is 2. The first-order valence-corrected chi connectivity index (χ1v) is 9.51. The molecule has 9 heteroatoms. The van der Waals surface area contributed by atoms with Gasteiger partial charge in [-0.25, -0.2) is 19.6 Å². The summed E-state index contributed by atoms with van der Waals surface area (Å²) < 4.78 is 9.93. The lowest BCUT2D eigenvalue weighted by Crippen LogP contribution is -2.19. The highest BCUT2D eigenvalue weighted by molar-refractivity contribution is 9.10. The van der Waals surface area contributed by atoms with E-state index in [1.54, 1.807) is 18.2 Å². The highest BCUT2D eigenvalue weighted by Gasteiger charge is 2.30. The molecule has 0 radical (unpaired) electrons. The highest BCUT2D eigenvalue weighted by atomic mass is 79.9. The van der Waals surface area contributed by atoms with Crippen LogP contribution in [0, 0.1) is 0 Å². The minimum Gasteiger partial charge on any atom is -0.466 e. The minimum absolute atomic E-state index is 0.183. The number of ketones is 1. The Morgan fingerprint density at radius 1 is 1.10 bits per heavy atom. The fraction of sp³-hybridized carbons (Fsp3) is 0.0952. The number of hydrogen-bond donors (Lipinski definition) is 1. The Kier molecular flexibility index (Phi) is 5.04. The Bertz CT molecular complexity index is 1270. The van der Waals surface area contributed by atoms with Crippen LogP contribution in [-0.4, -0.2) is 41.9 Å². The van der Waals surface area contributed by atoms with E-state index in [1.807, 2.05) is 12.1 Å². The summed E-state index contributed by atoms with van der Waals surface area (Å²) in [5.41, 5.74) is 2.74. The van der Waals surface area contributed by atoms with E-state index in [-0.39, 0.29) is 11.5 Å². The third-order valence-electron chi connectivity index (χ3n) is 4.66. The minimum atomic E-state index is -0.794. The summed E-state index contributed by atoms with van der Waals surface area (Å²) in [6, 6.07) is 8.75. The zero-order chi connectivity index (χ0) is 21.4. The second-order valence-electron chi connectivity index (χ2n) is 6.30. The molecular formula is C21H14BrN3O5. The van der Waals surface area contributed by atoms with Crippen LogP contribution in [0.25, 0.3) is 22.2 Å². The van der Waals surface area contributed by atoms with Crippen molar-refractivity contribution in [2.24, 2.45) is 0 Å². The molecule has 0 amide bonds. The van der Waals surface area contributed by atoms with Crippen molar-refractivity contribution >= 4 is 50.2 Å². The number of nitrogens with zero attached hydrogens (tertiary/aromatic N) is 2. The average Bonchev–Trinajstić information content (AvgIpc) is 2.77. The van der Waals surface area contributed by atoms with Gasteiger partial charge < -0.3 is 14.8 Å². The second kappa shape index (κ2) is 7.68. The first kappa shape index (κ1) is 19.7.